The van der Waals surface area contributed by atoms with Crippen molar-refractivity contribution in [3.8, 4) is 0 Å². The summed E-state index contributed by atoms with van der Waals surface area (Å²) in [5.41, 5.74) is 0.633. The van der Waals surface area contributed by atoms with E-state index in [1.807, 2.05) is 30.5 Å². The van der Waals surface area contributed by atoms with Crippen LogP contribution in [0, 0.1) is 0 Å². The monoisotopic (exact) mass is 296 g/mol. The Kier molecular flexibility index (Phi) is 3.51. The van der Waals surface area contributed by atoms with Gasteiger partial charge >= 0.3 is 0 Å². The number of thioether (sulfide) groups is 1. The fraction of sp³-hybridized carbons (Fsp3) is 0.0833. The van der Waals surface area contributed by atoms with E-state index < -0.39 is 0 Å². The summed E-state index contributed by atoms with van der Waals surface area (Å²) < 4.78 is 5.82. The molecule has 0 aliphatic heterocycles. The summed E-state index contributed by atoms with van der Waals surface area (Å²) >= 11 is 4.92. The molecule has 1 heterocycles. The number of halogens is 1. The van der Waals surface area contributed by atoms with E-state index in [9.17, 15) is 4.79 Å². The minimum atomic E-state index is -0.107. The number of ketones is 1. The van der Waals surface area contributed by atoms with Gasteiger partial charge in [0.15, 0.2) is 5.76 Å². The van der Waals surface area contributed by atoms with Gasteiger partial charge in [-0.3, -0.25) is 4.79 Å². The molecule has 82 valence electrons. The summed E-state index contributed by atoms with van der Waals surface area (Å²) in [5.74, 6) is 0.237. The predicted octanol–water partition coefficient (Wildman–Crippen LogP) is 4.00. The minimum absolute atomic E-state index is 0.107. The second kappa shape index (κ2) is 4.89. The maximum absolute atomic E-state index is 12.0. The summed E-state index contributed by atoms with van der Waals surface area (Å²) in [7, 11) is 0. The summed E-state index contributed by atoms with van der Waals surface area (Å²) in [4.78, 5) is 13.1. The van der Waals surface area contributed by atoms with E-state index in [4.69, 9.17) is 4.42 Å². The molecule has 0 unspecified atom stereocenters. The van der Waals surface area contributed by atoms with E-state index in [0.717, 1.165) is 4.90 Å². The lowest BCUT2D eigenvalue weighted by Gasteiger charge is -2.00. The van der Waals surface area contributed by atoms with Crippen LogP contribution >= 0.6 is 27.7 Å². The van der Waals surface area contributed by atoms with Crippen LogP contribution in [-0.4, -0.2) is 12.0 Å². The van der Waals surface area contributed by atoms with Gasteiger partial charge < -0.3 is 4.42 Å². The zero-order valence-electron chi connectivity index (χ0n) is 8.57. The Morgan fingerprint density at radius 3 is 2.44 bits per heavy atom. The Morgan fingerprint density at radius 2 is 1.94 bits per heavy atom. The number of rotatable bonds is 3. The number of carbonyl (C=O) groups is 1. The van der Waals surface area contributed by atoms with Gasteiger partial charge in [-0.15, -0.1) is 11.8 Å². The Morgan fingerprint density at radius 1 is 1.25 bits per heavy atom. The van der Waals surface area contributed by atoms with E-state index >= 15 is 0 Å². The average molecular weight is 297 g/mol. The molecule has 0 aliphatic rings. The molecule has 2 rings (SSSR count). The van der Waals surface area contributed by atoms with Crippen LogP contribution in [0.4, 0.5) is 0 Å². The molecule has 2 aromatic rings. The van der Waals surface area contributed by atoms with Gasteiger partial charge in [-0.25, -0.2) is 0 Å². The zero-order chi connectivity index (χ0) is 11.5. The highest BCUT2D eigenvalue weighted by molar-refractivity contribution is 9.10. The Balaban J connectivity index is 2.31. The van der Waals surface area contributed by atoms with Crippen molar-refractivity contribution in [2.75, 3.05) is 6.26 Å². The molecule has 0 saturated carbocycles. The first-order chi connectivity index (χ1) is 7.72. The summed E-state index contributed by atoms with van der Waals surface area (Å²) in [6.07, 6.45) is 3.49. The van der Waals surface area contributed by atoms with Gasteiger partial charge in [0.2, 0.25) is 5.78 Å². The van der Waals surface area contributed by atoms with E-state index in [1.54, 1.807) is 17.8 Å². The van der Waals surface area contributed by atoms with E-state index in [-0.39, 0.29) is 5.78 Å². The summed E-state index contributed by atoms with van der Waals surface area (Å²) in [6.45, 7) is 0. The maximum Gasteiger partial charge on any atom is 0.229 e. The lowest BCUT2D eigenvalue weighted by atomic mass is 10.1. The lowest BCUT2D eigenvalue weighted by Crippen LogP contribution is -1.99. The van der Waals surface area contributed by atoms with Crippen LogP contribution in [0.25, 0.3) is 0 Å². The smallest absolute Gasteiger partial charge is 0.229 e. The molecule has 0 atom stereocenters. The Bertz CT molecular complexity index is 502. The zero-order valence-corrected chi connectivity index (χ0v) is 11.0. The van der Waals surface area contributed by atoms with Crippen LogP contribution in [0.5, 0.6) is 0 Å². The van der Waals surface area contributed by atoms with Gasteiger partial charge in [0.25, 0.3) is 0 Å². The van der Waals surface area contributed by atoms with Crippen LogP contribution in [0.3, 0.4) is 0 Å². The standard InChI is InChI=1S/C12H9BrO2S/c1-16-9-4-2-8(3-5-9)11(14)12-10(13)6-7-15-12/h2-7H,1H3. The molecule has 0 saturated heterocycles. The fourth-order valence-electron chi connectivity index (χ4n) is 1.33. The molecule has 0 amide bonds. The van der Waals surface area contributed by atoms with E-state index in [0.29, 0.717) is 15.8 Å². The topological polar surface area (TPSA) is 30.2 Å². The number of hydrogen-bond donors (Lipinski definition) is 0. The second-order valence-corrected chi connectivity index (χ2v) is 4.89. The first-order valence-corrected chi connectivity index (χ1v) is 6.66. The van der Waals surface area contributed by atoms with Gasteiger partial charge in [0, 0.05) is 10.5 Å². The predicted molar refractivity (Wildman–Crippen MR) is 68.1 cm³/mol. The van der Waals surface area contributed by atoms with E-state index in [1.165, 1.54) is 6.26 Å². The van der Waals surface area contributed by atoms with Crippen molar-refractivity contribution in [2.45, 2.75) is 4.90 Å². The third-order valence-corrected chi connectivity index (χ3v) is 3.54. The van der Waals surface area contributed by atoms with Gasteiger partial charge in [-0.2, -0.15) is 0 Å². The Labute approximate surface area is 106 Å². The number of carbonyl (C=O) groups excluding carboxylic acids is 1. The normalized spacial score (nSPS) is 10.4. The molecular formula is C12H9BrO2S. The first-order valence-electron chi connectivity index (χ1n) is 4.64. The second-order valence-electron chi connectivity index (χ2n) is 3.16. The van der Waals surface area contributed by atoms with Crippen molar-refractivity contribution in [3.05, 3.63) is 52.4 Å². The lowest BCUT2D eigenvalue weighted by molar-refractivity contribution is 0.101. The SMILES string of the molecule is CSc1ccc(C(=O)c2occc2Br)cc1. The highest BCUT2D eigenvalue weighted by atomic mass is 79.9. The minimum Gasteiger partial charge on any atom is -0.460 e. The molecular weight excluding hydrogens is 288 g/mol. The largest absolute Gasteiger partial charge is 0.460 e. The maximum atomic E-state index is 12.0. The molecule has 0 bridgehead atoms. The van der Waals surface area contributed by atoms with Crippen LogP contribution in [0.15, 0.2) is 50.4 Å². The molecule has 0 spiro atoms. The van der Waals surface area contributed by atoms with Gasteiger partial charge in [0.1, 0.15) is 0 Å². The number of furan rings is 1. The van der Waals surface area contributed by atoms with Crippen molar-refractivity contribution in [1.29, 1.82) is 0 Å². The van der Waals surface area contributed by atoms with Crippen LogP contribution in [-0.2, 0) is 0 Å². The molecule has 0 radical (unpaired) electrons. The van der Waals surface area contributed by atoms with Gasteiger partial charge in [-0.05, 0) is 52.5 Å². The molecule has 1 aromatic carbocycles. The quantitative estimate of drug-likeness (QED) is 0.633. The van der Waals surface area contributed by atoms with Crippen molar-refractivity contribution in [3.63, 3.8) is 0 Å². The highest BCUT2D eigenvalue weighted by Gasteiger charge is 2.15. The summed E-state index contributed by atoms with van der Waals surface area (Å²) in [5, 5.41) is 0. The van der Waals surface area contributed by atoms with Crippen molar-refractivity contribution in [2.24, 2.45) is 0 Å². The van der Waals surface area contributed by atoms with Crippen LogP contribution in [0.1, 0.15) is 16.1 Å². The molecule has 0 N–H and O–H groups in total. The first kappa shape index (κ1) is 11.5. The molecule has 4 heteroatoms. The number of hydrogen-bond acceptors (Lipinski definition) is 3. The molecule has 0 aliphatic carbocycles. The van der Waals surface area contributed by atoms with Crippen molar-refractivity contribution >= 4 is 33.5 Å². The average Bonchev–Trinajstić information content (AvgIpc) is 2.75. The van der Waals surface area contributed by atoms with Gasteiger partial charge in [0.05, 0.1) is 10.7 Å². The third kappa shape index (κ3) is 2.23. The highest BCUT2D eigenvalue weighted by Crippen LogP contribution is 2.22. The van der Waals surface area contributed by atoms with Crippen LogP contribution < -0.4 is 0 Å². The fourth-order valence-corrected chi connectivity index (χ4v) is 2.12. The summed E-state index contributed by atoms with van der Waals surface area (Å²) in [6, 6.07) is 9.18. The third-order valence-electron chi connectivity index (χ3n) is 2.18. The molecule has 1 aromatic heterocycles. The van der Waals surface area contributed by atoms with Gasteiger partial charge in [-0.1, -0.05) is 0 Å². The van der Waals surface area contributed by atoms with Crippen molar-refractivity contribution < 1.29 is 9.21 Å². The Hall–Kier alpha value is -1.00. The van der Waals surface area contributed by atoms with Crippen LogP contribution in [0.2, 0.25) is 0 Å². The molecule has 0 fully saturated rings. The van der Waals surface area contributed by atoms with Crippen molar-refractivity contribution in [1.82, 2.24) is 0 Å². The van der Waals surface area contributed by atoms with E-state index in [2.05, 4.69) is 15.9 Å². The molecule has 2 nitrogen and oxygen atoms in total. The number of benzene rings is 1. The molecule has 16 heavy (non-hydrogen) atoms.